The van der Waals surface area contributed by atoms with E-state index in [1.165, 1.54) is 25.6 Å². The van der Waals surface area contributed by atoms with Crippen LogP contribution in [0.2, 0.25) is 0 Å². The molecule has 0 amide bonds. The molecule has 1 aromatic heterocycles. The molecule has 18 heavy (non-hydrogen) atoms. The highest BCUT2D eigenvalue weighted by Gasteiger charge is 2.22. The molecule has 6 nitrogen and oxygen atoms in total. The van der Waals surface area contributed by atoms with Crippen molar-refractivity contribution in [3.8, 4) is 5.75 Å². The molecule has 1 aromatic rings. The van der Waals surface area contributed by atoms with Gasteiger partial charge >= 0.3 is 5.97 Å². The van der Waals surface area contributed by atoms with Crippen LogP contribution in [-0.2, 0) is 4.74 Å². The van der Waals surface area contributed by atoms with Gasteiger partial charge in [0.05, 0.1) is 14.2 Å². The SMILES string of the molecule is COC(=O)c1sc(NCCN(C)C)c(OC)c1N. The van der Waals surface area contributed by atoms with Crippen LogP contribution in [-0.4, -0.2) is 52.3 Å². The van der Waals surface area contributed by atoms with Crippen LogP contribution in [0.1, 0.15) is 9.67 Å². The maximum absolute atomic E-state index is 11.5. The summed E-state index contributed by atoms with van der Waals surface area (Å²) in [5.41, 5.74) is 6.18. The number of esters is 1. The number of hydrogen-bond donors (Lipinski definition) is 2. The normalized spacial score (nSPS) is 10.5. The zero-order valence-electron chi connectivity index (χ0n) is 11.1. The number of thiophene rings is 1. The second-order valence-corrected chi connectivity index (χ2v) is 4.95. The molecular formula is C11H19N3O3S. The lowest BCUT2D eigenvalue weighted by atomic mass is 10.3. The number of ether oxygens (including phenoxy) is 2. The molecule has 7 heteroatoms. The number of hydrogen-bond acceptors (Lipinski definition) is 7. The number of carbonyl (C=O) groups is 1. The van der Waals surface area contributed by atoms with E-state index in [2.05, 4.69) is 15.0 Å². The Morgan fingerprint density at radius 3 is 2.61 bits per heavy atom. The van der Waals surface area contributed by atoms with Crippen LogP contribution in [0.15, 0.2) is 0 Å². The summed E-state index contributed by atoms with van der Waals surface area (Å²) in [5, 5.41) is 3.95. The van der Waals surface area contributed by atoms with E-state index in [0.29, 0.717) is 16.3 Å². The predicted molar refractivity (Wildman–Crippen MR) is 73.7 cm³/mol. The first-order valence-electron chi connectivity index (χ1n) is 5.44. The third-order valence-corrected chi connectivity index (χ3v) is 3.44. The molecule has 0 bridgehead atoms. The Hall–Kier alpha value is -1.47. The summed E-state index contributed by atoms with van der Waals surface area (Å²) in [6, 6.07) is 0. The molecule has 0 unspecified atom stereocenters. The first-order valence-corrected chi connectivity index (χ1v) is 6.26. The highest BCUT2D eigenvalue weighted by molar-refractivity contribution is 7.19. The Balaban J connectivity index is 2.87. The second kappa shape index (κ2) is 6.46. The van der Waals surface area contributed by atoms with Crippen molar-refractivity contribution in [1.82, 2.24) is 4.90 Å². The van der Waals surface area contributed by atoms with Gasteiger partial charge in [0, 0.05) is 13.1 Å². The lowest BCUT2D eigenvalue weighted by Crippen LogP contribution is -2.20. The van der Waals surface area contributed by atoms with Gasteiger partial charge < -0.3 is 25.4 Å². The van der Waals surface area contributed by atoms with E-state index in [9.17, 15) is 4.79 Å². The van der Waals surface area contributed by atoms with E-state index >= 15 is 0 Å². The molecule has 102 valence electrons. The van der Waals surface area contributed by atoms with Gasteiger partial charge in [-0.1, -0.05) is 0 Å². The smallest absolute Gasteiger partial charge is 0.350 e. The van der Waals surface area contributed by atoms with Crippen LogP contribution in [0.4, 0.5) is 10.7 Å². The van der Waals surface area contributed by atoms with E-state index in [1.807, 2.05) is 14.1 Å². The first kappa shape index (κ1) is 14.6. The minimum atomic E-state index is -0.448. The van der Waals surface area contributed by atoms with Crippen molar-refractivity contribution in [1.29, 1.82) is 0 Å². The maximum atomic E-state index is 11.5. The molecule has 0 radical (unpaired) electrons. The summed E-state index contributed by atoms with van der Waals surface area (Å²) < 4.78 is 9.88. The molecular weight excluding hydrogens is 254 g/mol. The van der Waals surface area contributed by atoms with Crippen molar-refractivity contribution in [3.63, 3.8) is 0 Å². The van der Waals surface area contributed by atoms with Gasteiger partial charge in [0.2, 0.25) is 0 Å². The summed E-state index contributed by atoms with van der Waals surface area (Å²) in [4.78, 5) is 13.9. The quantitative estimate of drug-likeness (QED) is 0.756. The fourth-order valence-corrected chi connectivity index (χ4v) is 2.42. The Kier molecular flexibility index (Phi) is 5.24. The molecule has 0 saturated carbocycles. The highest BCUT2D eigenvalue weighted by atomic mass is 32.1. The van der Waals surface area contributed by atoms with Crippen molar-refractivity contribution in [3.05, 3.63) is 4.88 Å². The van der Waals surface area contributed by atoms with Gasteiger partial charge in [0.15, 0.2) is 5.75 Å². The zero-order valence-corrected chi connectivity index (χ0v) is 11.9. The largest absolute Gasteiger partial charge is 0.492 e. The number of methoxy groups -OCH3 is 2. The number of nitrogens with one attached hydrogen (secondary N) is 1. The minimum Gasteiger partial charge on any atom is -0.492 e. The van der Waals surface area contributed by atoms with E-state index in [0.717, 1.165) is 18.1 Å². The molecule has 0 aliphatic carbocycles. The molecule has 0 aliphatic rings. The number of anilines is 2. The van der Waals surface area contributed by atoms with E-state index in [1.54, 1.807) is 0 Å². The Morgan fingerprint density at radius 1 is 1.44 bits per heavy atom. The van der Waals surface area contributed by atoms with Crippen molar-refractivity contribution in [2.24, 2.45) is 0 Å². The topological polar surface area (TPSA) is 76.8 Å². The van der Waals surface area contributed by atoms with Crippen molar-refractivity contribution < 1.29 is 14.3 Å². The molecule has 0 fully saturated rings. The molecule has 3 N–H and O–H groups in total. The van der Waals surface area contributed by atoms with E-state index in [4.69, 9.17) is 10.5 Å². The molecule has 1 rings (SSSR count). The number of rotatable bonds is 6. The fraction of sp³-hybridized carbons (Fsp3) is 0.545. The molecule has 0 spiro atoms. The van der Waals surface area contributed by atoms with Gasteiger partial charge in [-0.05, 0) is 14.1 Å². The van der Waals surface area contributed by atoms with E-state index < -0.39 is 5.97 Å². The molecule has 0 atom stereocenters. The molecule has 0 aliphatic heterocycles. The summed E-state index contributed by atoms with van der Waals surface area (Å²) in [7, 11) is 6.83. The number of nitrogens with two attached hydrogens (primary N) is 1. The van der Waals surface area contributed by atoms with Gasteiger partial charge in [0.25, 0.3) is 0 Å². The summed E-state index contributed by atoms with van der Waals surface area (Å²) in [6.45, 7) is 1.61. The predicted octanol–water partition coefficient (Wildman–Crippen LogP) is 1.10. The van der Waals surface area contributed by atoms with Crippen LogP contribution in [0.3, 0.4) is 0 Å². The van der Waals surface area contributed by atoms with Gasteiger partial charge in [-0.25, -0.2) is 4.79 Å². The van der Waals surface area contributed by atoms with Crippen LogP contribution in [0.5, 0.6) is 5.75 Å². The van der Waals surface area contributed by atoms with Gasteiger partial charge in [-0.3, -0.25) is 0 Å². The average molecular weight is 273 g/mol. The molecule has 0 saturated heterocycles. The summed E-state index contributed by atoms with van der Waals surface area (Å²) in [5.74, 6) is 0.0515. The Labute approximate surface area is 111 Å². The summed E-state index contributed by atoms with van der Waals surface area (Å²) >= 11 is 1.24. The van der Waals surface area contributed by atoms with Crippen LogP contribution in [0.25, 0.3) is 0 Å². The van der Waals surface area contributed by atoms with Crippen LogP contribution < -0.4 is 15.8 Å². The van der Waals surface area contributed by atoms with Crippen molar-refractivity contribution >= 4 is 28.0 Å². The number of likely N-dealkylation sites (N-methyl/N-ethyl adjacent to an activating group) is 1. The zero-order chi connectivity index (χ0) is 13.7. The van der Waals surface area contributed by atoms with Crippen LogP contribution in [0, 0.1) is 0 Å². The number of nitrogens with zero attached hydrogens (tertiary/aromatic N) is 1. The second-order valence-electron chi connectivity index (χ2n) is 3.93. The van der Waals surface area contributed by atoms with Crippen molar-refractivity contribution in [2.75, 3.05) is 52.5 Å². The van der Waals surface area contributed by atoms with Gasteiger partial charge in [0.1, 0.15) is 15.6 Å². The fourth-order valence-electron chi connectivity index (χ4n) is 1.39. The van der Waals surface area contributed by atoms with Gasteiger partial charge in [-0.15, -0.1) is 11.3 Å². The first-order chi connectivity index (χ1) is 8.51. The van der Waals surface area contributed by atoms with Crippen LogP contribution >= 0.6 is 11.3 Å². The monoisotopic (exact) mass is 273 g/mol. The molecule has 0 aromatic carbocycles. The third kappa shape index (κ3) is 3.27. The lowest BCUT2D eigenvalue weighted by molar-refractivity contribution is 0.0607. The Bertz CT molecular complexity index is 418. The number of carbonyl (C=O) groups excluding carboxylic acids is 1. The Morgan fingerprint density at radius 2 is 2.11 bits per heavy atom. The number of nitrogen functional groups attached to an aromatic ring is 1. The highest BCUT2D eigenvalue weighted by Crippen LogP contribution is 2.42. The molecule has 1 heterocycles. The van der Waals surface area contributed by atoms with Gasteiger partial charge in [-0.2, -0.15) is 0 Å². The summed E-state index contributed by atoms with van der Waals surface area (Å²) in [6.07, 6.45) is 0. The standard InChI is InChI=1S/C11H19N3O3S/c1-14(2)6-5-13-10-8(16-3)7(12)9(18-10)11(15)17-4/h13H,5-6,12H2,1-4H3. The van der Waals surface area contributed by atoms with E-state index in [-0.39, 0.29) is 0 Å². The van der Waals surface area contributed by atoms with Crippen molar-refractivity contribution in [2.45, 2.75) is 0 Å². The third-order valence-electron chi connectivity index (χ3n) is 2.32. The minimum absolute atomic E-state index is 0.321. The maximum Gasteiger partial charge on any atom is 0.350 e. The average Bonchev–Trinajstić information content (AvgIpc) is 2.64. The lowest BCUT2D eigenvalue weighted by Gasteiger charge is -2.11.